The Balaban J connectivity index is 1.67. The van der Waals surface area contributed by atoms with E-state index in [0.29, 0.717) is 15.8 Å². The topological polar surface area (TPSA) is 64.6 Å². The minimum Gasteiger partial charge on any atom is -0.486 e. The predicted molar refractivity (Wildman–Crippen MR) is 85.9 cm³/mol. The Morgan fingerprint density at radius 3 is 2.68 bits per heavy atom. The molecule has 0 amide bonds. The molecule has 1 N–H and O–H groups in total. The highest BCUT2D eigenvalue weighted by Crippen LogP contribution is 2.34. The highest BCUT2D eigenvalue weighted by atomic mass is 35.5. The number of halogens is 2. The van der Waals surface area contributed by atoms with Crippen molar-refractivity contribution in [2.75, 3.05) is 13.2 Å². The molecule has 1 atom stereocenters. The first-order chi connectivity index (χ1) is 10.5. The van der Waals surface area contributed by atoms with Crippen LogP contribution >= 0.6 is 34.5 Å². The highest BCUT2D eigenvalue weighted by Gasteiger charge is 2.25. The number of hydrogen-bond donors (Lipinski definition) is 1. The maximum Gasteiger partial charge on any atom is 0.243 e. The van der Waals surface area contributed by atoms with Gasteiger partial charge in [-0.3, -0.25) is 0 Å². The molecule has 1 aromatic heterocycles. The lowest BCUT2D eigenvalue weighted by Crippen LogP contribution is -2.40. The summed E-state index contributed by atoms with van der Waals surface area (Å²) in [5.41, 5.74) is 0. The van der Waals surface area contributed by atoms with E-state index >= 15 is 0 Å². The van der Waals surface area contributed by atoms with Gasteiger partial charge in [-0.1, -0.05) is 35.3 Å². The molecule has 2 heterocycles. The fraction of sp³-hybridized carbons (Fsp3) is 0.231. The molecule has 0 radical (unpaired) electrons. The SMILES string of the molecule is O=S(=O)(NC[C@H]1COc2ccccc2O1)c1cc(Cl)sc1Cl. The summed E-state index contributed by atoms with van der Waals surface area (Å²) >= 11 is 12.7. The molecular weight excluding hydrogens is 369 g/mol. The van der Waals surface area contributed by atoms with Crippen molar-refractivity contribution in [2.45, 2.75) is 11.0 Å². The normalized spacial score (nSPS) is 17.5. The minimum atomic E-state index is -3.74. The summed E-state index contributed by atoms with van der Waals surface area (Å²) in [6.45, 7) is 0.331. The van der Waals surface area contributed by atoms with Crippen LogP contribution in [0.15, 0.2) is 35.2 Å². The van der Waals surface area contributed by atoms with Crippen molar-refractivity contribution in [2.24, 2.45) is 0 Å². The first-order valence-corrected chi connectivity index (χ1v) is 9.34. The van der Waals surface area contributed by atoms with E-state index in [-0.39, 0.29) is 22.4 Å². The number of sulfonamides is 1. The molecule has 1 aliphatic rings. The number of ether oxygens (including phenoxy) is 2. The Morgan fingerprint density at radius 1 is 1.27 bits per heavy atom. The average Bonchev–Trinajstić information content (AvgIpc) is 2.85. The van der Waals surface area contributed by atoms with Crippen LogP contribution in [0.5, 0.6) is 11.5 Å². The largest absolute Gasteiger partial charge is 0.486 e. The van der Waals surface area contributed by atoms with Crippen molar-refractivity contribution in [3.05, 3.63) is 39.0 Å². The fourth-order valence-corrected chi connectivity index (χ4v) is 5.17. The van der Waals surface area contributed by atoms with Crippen LogP contribution in [-0.4, -0.2) is 27.7 Å². The fourth-order valence-electron chi connectivity index (χ4n) is 1.95. The molecule has 118 valence electrons. The number of nitrogens with one attached hydrogen (secondary N) is 1. The van der Waals surface area contributed by atoms with Crippen molar-refractivity contribution >= 4 is 44.6 Å². The Bertz CT molecular complexity index is 791. The minimum absolute atomic E-state index is 0.0266. The molecule has 2 aromatic rings. The van der Waals surface area contributed by atoms with Crippen molar-refractivity contribution in [1.29, 1.82) is 0 Å². The zero-order valence-electron chi connectivity index (χ0n) is 11.1. The molecule has 22 heavy (non-hydrogen) atoms. The van der Waals surface area contributed by atoms with Gasteiger partial charge in [-0.15, -0.1) is 11.3 Å². The number of rotatable bonds is 4. The lowest BCUT2D eigenvalue weighted by Gasteiger charge is -2.26. The third-order valence-corrected chi connectivity index (χ3v) is 6.16. The second-order valence-corrected chi connectivity index (χ2v) is 8.56. The second kappa shape index (κ2) is 6.25. The molecule has 3 rings (SSSR count). The van der Waals surface area contributed by atoms with Crippen LogP contribution in [-0.2, 0) is 10.0 Å². The molecule has 1 aromatic carbocycles. The number of benzene rings is 1. The molecular formula is C13H11Cl2NO4S2. The molecule has 0 bridgehead atoms. The van der Waals surface area contributed by atoms with Gasteiger partial charge in [0.1, 0.15) is 21.9 Å². The van der Waals surface area contributed by atoms with Gasteiger partial charge in [-0.2, -0.15) is 0 Å². The maximum atomic E-state index is 12.2. The van der Waals surface area contributed by atoms with Gasteiger partial charge >= 0.3 is 0 Å². The van der Waals surface area contributed by atoms with E-state index < -0.39 is 16.1 Å². The van der Waals surface area contributed by atoms with Crippen LogP contribution in [0, 0.1) is 0 Å². The lowest BCUT2D eigenvalue weighted by atomic mass is 10.2. The van der Waals surface area contributed by atoms with Gasteiger partial charge < -0.3 is 9.47 Å². The Morgan fingerprint density at radius 2 is 2.00 bits per heavy atom. The van der Waals surface area contributed by atoms with E-state index in [1.807, 2.05) is 12.1 Å². The molecule has 9 heteroatoms. The zero-order valence-corrected chi connectivity index (χ0v) is 14.2. The molecule has 1 aliphatic heterocycles. The van der Waals surface area contributed by atoms with Gasteiger partial charge in [0.15, 0.2) is 11.5 Å². The van der Waals surface area contributed by atoms with Crippen LogP contribution < -0.4 is 14.2 Å². The van der Waals surface area contributed by atoms with E-state index in [2.05, 4.69) is 4.72 Å². The van der Waals surface area contributed by atoms with E-state index in [4.69, 9.17) is 32.7 Å². The lowest BCUT2D eigenvalue weighted by molar-refractivity contribution is 0.0943. The highest BCUT2D eigenvalue weighted by molar-refractivity contribution is 7.89. The van der Waals surface area contributed by atoms with E-state index in [1.165, 1.54) is 6.07 Å². The van der Waals surface area contributed by atoms with Gasteiger partial charge in [0, 0.05) is 0 Å². The first-order valence-electron chi connectivity index (χ1n) is 6.29. The van der Waals surface area contributed by atoms with E-state index in [0.717, 1.165) is 11.3 Å². The van der Waals surface area contributed by atoms with Crippen LogP contribution in [0.4, 0.5) is 0 Å². The molecule has 0 saturated heterocycles. The Hall–Kier alpha value is -0.990. The van der Waals surface area contributed by atoms with Gasteiger partial charge in [0.25, 0.3) is 0 Å². The molecule has 0 spiro atoms. The molecule has 0 aliphatic carbocycles. The Labute approximate surface area is 141 Å². The van der Waals surface area contributed by atoms with Crippen molar-refractivity contribution in [3.8, 4) is 11.5 Å². The number of hydrogen-bond acceptors (Lipinski definition) is 5. The standard InChI is InChI=1S/C13H11Cl2NO4S2/c14-12-5-11(13(15)21-12)22(17,18)16-6-8-7-19-9-3-1-2-4-10(9)20-8/h1-5,8,16H,6-7H2/t8-/m0/s1. The van der Waals surface area contributed by atoms with E-state index in [1.54, 1.807) is 12.1 Å². The van der Waals surface area contributed by atoms with Crippen LogP contribution in [0.25, 0.3) is 0 Å². The van der Waals surface area contributed by atoms with Gasteiger partial charge in [0.2, 0.25) is 10.0 Å². The van der Waals surface area contributed by atoms with Gasteiger partial charge in [0.05, 0.1) is 10.9 Å². The van der Waals surface area contributed by atoms with Crippen molar-refractivity contribution < 1.29 is 17.9 Å². The quantitative estimate of drug-likeness (QED) is 0.885. The molecule has 0 fully saturated rings. The zero-order chi connectivity index (χ0) is 15.7. The summed E-state index contributed by atoms with van der Waals surface area (Å²) in [6, 6.07) is 8.55. The third-order valence-electron chi connectivity index (χ3n) is 2.98. The number of fused-ring (bicyclic) bond motifs is 1. The van der Waals surface area contributed by atoms with Crippen molar-refractivity contribution in [3.63, 3.8) is 0 Å². The van der Waals surface area contributed by atoms with Gasteiger partial charge in [-0.25, -0.2) is 13.1 Å². The first kappa shape index (κ1) is 15.9. The van der Waals surface area contributed by atoms with Gasteiger partial charge in [-0.05, 0) is 18.2 Å². The second-order valence-electron chi connectivity index (χ2n) is 4.54. The monoisotopic (exact) mass is 379 g/mol. The summed E-state index contributed by atoms with van der Waals surface area (Å²) in [4.78, 5) is -0.0266. The number of para-hydroxylation sites is 2. The maximum absolute atomic E-state index is 12.2. The predicted octanol–water partition coefficient (Wildman–Crippen LogP) is 3.17. The summed E-state index contributed by atoms with van der Waals surface area (Å²) in [7, 11) is -3.74. The average molecular weight is 380 g/mol. The van der Waals surface area contributed by atoms with Crippen LogP contribution in [0.2, 0.25) is 8.67 Å². The summed E-state index contributed by atoms with van der Waals surface area (Å²) < 4.78 is 38.5. The number of thiophene rings is 1. The van der Waals surface area contributed by atoms with E-state index in [9.17, 15) is 8.42 Å². The van der Waals surface area contributed by atoms with Crippen molar-refractivity contribution in [1.82, 2.24) is 4.72 Å². The smallest absolute Gasteiger partial charge is 0.243 e. The molecule has 0 unspecified atom stereocenters. The van der Waals surface area contributed by atoms with Crippen LogP contribution in [0.3, 0.4) is 0 Å². The summed E-state index contributed by atoms with van der Waals surface area (Å²) in [5.74, 6) is 1.24. The summed E-state index contributed by atoms with van der Waals surface area (Å²) in [5, 5.41) is 0. The molecule has 5 nitrogen and oxygen atoms in total. The third kappa shape index (κ3) is 3.33. The summed E-state index contributed by atoms with van der Waals surface area (Å²) in [6.07, 6.45) is -0.419. The van der Waals surface area contributed by atoms with Crippen LogP contribution in [0.1, 0.15) is 0 Å². The molecule has 0 saturated carbocycles. The Kier molecular flexibility index (Phi) is 4.52.